The van der Waals surface area contributed by atoms with Crippen LogP contribution in [-0.2, 0) is 11.2 Å². The molecular weight excluding hydrogens is 278 g/mol. The van der Waals surface area contributed by atoms with Gasteiger partial charge in [0.2, 0.25) is 5.91 Å². The molecule has 19 heavy (non-hydrogen) atoms. The lowest BCUT2D eigenvalue weighted by molar-refractivity contribution is -0.122. The summed E-state index contributed by atoms with van der Waals surface area (Å²) in [6, 6.07) is 2.05. The first-order valence-electron chi connectivity index (χ1n) is 5.99. The molecule has 0 aliphatic carbocycles. The lowest BCUT2D eigenvalue weighted by Gasteiger charge is -2.17. The van der Waals surface area contributed by atoms with Crippen molar-refractivity contribution in [1.82, 2.24) is 15.2 Å². The molecule has 102 valence electrons. The average Bonchev–Trinajstić information content (AvgIpc) is 2.99. The van der Waals surface area contributed by atoms with Crippen LogP contribution in [0, 0.1) is 0 Å². The van der Waals surface area contributed by atoms with Crippen molar-refractivity contribution in [2.45, 2.75) is 12.5 Å². The summed E-state index contributed by atoms with van der Waals surface area (Å²) in [6.45, 7) is 0.394. The first-order valence-corrected chi connectivity index (χ1v) is 7.82. The fourth-order valence-electron chi connectivity index (χ4n) is 1.78. The molecule has 1 unspecified atom stereocenters. The molecular formula is C13H17N3OS2. The summed E-state index contributed by atoms with van der Waals surface area (Å²) < 4.78 is 0. The minimum absolute atomic E-state index is 0.0282. The summed E-state index contributed by atoms with van der Waals surface area (Å²) in [5, 5.41) is 10.1. The number of amides is 1. The van der Waals surface area contributed by atoms with Crippen molar-refractivity contribution in [1.29, 1.82) is 0 Å². The number of nitrogens with one attached hydrogen (secondary N) is 1. The lowest BCUT2D eigenvalue weighted by atomic mass is 10.1. The van der Waals surface area contributed by atoms with Crippen molar-refractivity contribution < 1.29 is 4.79 Å². The van der Waals surface area contributed by atoms with E-state index in [9.17, 15) is 4.79 Å². The molecule has 0 aliphatic heterocycles. The van der Waals surface area contributed by atoms with E-state index in [1.165, 1.54) is 5.56 Å². The number of nitrogens with zero attached hydrogens (tertiary/aromatic N) is 2. The van der Waals surface area contributed by atoms with E-state index >= 15 is 0 Å². The predicted molar refractivity (Wildman–Crippen MR) is 79.6 cm³/mol. The van der Waals surface area contributed by atoms with Gasteiger partial charge in [-0.25, -0.2) is 4.98 Å². The summed E-state index contributed by atoms with van der Waals surface area (Å²) >= 11 is 3.25. The number of hydrogen-bond donors (Lipinski definition) is 1. The van der Waals surface area contributed by atoms with E-state index in [0.717, 1.165) is 11.4 Å². The van der Waals surface area contributed by atoms with Gasteiger partial charge in [-0.2, -0.15) is 11.3 Å². The van der Waals surface area contributed by atoms with Gasteiger partial charge >= 0.3 is 0 Å². The Morgan fingerprint density at radius 2 is 2.32 bits per heavy atom. The Bertz CT molecular complexity index is 494. The maximum absolute atomic E-state index is 11.9. The van der Waals surface area contributed by atoms with Crippen molar-refractivity contribution in [2.75, 3.05) is 20.6 Å². The predicted octanol–water partition coefficient (Wildman–Crippen LogP) is 2.17. The summed E-state index contributed by atoms with van der Waals surface area (Å²) in [7, 11) is 3.77. The van der Waals surface area contributed by atoms with Crippen LogP contribution in [-0.4, -0.2) is 36.4 Å². The highest BCUT2D eigenvalue weighted by Crippen LogP contribution is 2.21. The topological polar surface area (TPSA) is 45.2 Å². The second kappa shape index (κ2) is 6.79. The minimum Gasteiger partial charge on any atom is -0.345 e. The molecule has 4 nitrogen and oxygen atoms in total. The fraction of sp³-hybridized carbons (Fsp3) is 0.385. The van der Waals surface area contributed by atoms with E-state index in [2.05, 4.69) is 27.1 Å². The molecule has 0 aliphatic rings. The highest BCUT2D eigenvalue weighted by molar-refractivity contribution is 7.09. The Labute approximate surface area is 121 Å². The van der Waals surface area contributed by atoms with Gasteiger partial charge in [0, 0.05) is 18.0 Å². The third kappa shape index (κ3) is 4.41. The van der Waals surface area contributed by atoms with E-state index in [1.54, 1.807) is 28.9 Å². The van der Waals surface area contributed by atoms with Crippen molar-refractivity contribution in [3.63, 3.8) is 0 Å². The maximum atomic E-state index is 11.9. The summed E-state index contributed by atoms with van der Waals surface area (Å²) in [5.74, 6) is 0.0282. The Kier molecular flexibility index (Phi) is 5.07. The molecule has 1 atom stereocenters. The molecule has 2 heterocycles. The van der Waals surface area contributed by atoms with Gasteiger partial charge < -0.3 is 10.2 Å². The van der Waals surface area contributed by atoms with Gasteiger partial charge in [0.1, 0.15) is 5.01 Å². The first kappa shape index (κ1) is 14.2. The molecule has 0 bridgehead atoms. The Hall–Kier alpha value is -1.24. The number of rotatable bonds is 6. The average molecular weight is 295 g/mol. The van der Waals surface area contributed by atoms with Crippen molar-refractivity contribution in [2.24, 2.45) is 0 Å². The quantitative estimate of drug-likeness (QED) is 0.888. The molecule has 0 spiro atoms. The molecule has 0 saturated heterocycles. The number of aromatic nitrogens is 1. The molecule has 0 saturated carbocycles. The van der Waals surface area contributed by atoms with Crippen LogP contribution in [0.5, 0.6) is 0 Å². The van der Waals surface area contributed by atoms with E-state index in [4.69, 9.17) is 0 Å². The number of likely N-dealkylation sites (N-methyl/N-ethyl adjacent to an activating group) is 1. The SMILES string of the molecule is CN(C)CC(=O)NC(Cc1ccsc1)c1nccs1. The van der Waals surface area contributed by atoms with Crippen LogP contribution in [0.3, 0.4) is 0 Å². The van der Waals surface area contributed by atoms with Crippen LogP contribution in [0.25, 0.3) is 0 Å². The van der Waals surface area contributed by atoms with Crippen molar-refractivity contribution in [3.05, 3.63) is 39.0 Å². The molecule has 2 rings (SSSR count). The van der Waals surface area contributed by atoms with Gasteiger partial charge in [-0.15, -0.1) is 11.3 Å². The zero-order chi connectivity index (χ0) is 13.7. The van der Waals surface area contributed by atoms with E-state index in [0.29, 0.717) is 6.54 Å². The largest absolute Gasteiger partial charge is 0.345 e. The minimum atomic E-state index is -0.0398. The second-order valence-corrected chi connectivity index (χ2v) is 6.27. The molecule has 1 amide bonds. The van der Waals surface area contributed by atoms with Crippen molar-refractivity contribution >= 4 is 28.6 Å². The lowest BCUT2D eigenvalue weighted by Crippen LogP contribution is -2.36. The van der Waals surface area contributed by atoms with Crippen molar-refractivity contribution in [3.8, 4) is 0 Å². The van der Waals surface area contributed by atoms with Crippen LogP contribution >= 0.6 is 22.7 Å². The first-order chi connectivity index (χ1) is 9.15. The molecule has 6 heteroatoms. The smallest absolute Gasteiger partial charge is 0.234 e. The summed E-state index contributed by atoms with van der Waals surface area (Å²) in [5.41, 5.74) is 1.23. The second-order valence-electron chi connectivity index (χ2n) is 4.56. The zero-order valence-electron chi connectivity index (χ0n) is 11.0. The summed E-state index contributed by atoms with van der Waals surface area (Å²) in [4.78, 5) is 18.1. The maximum Gasteiger partial charge on any atom is 0.234 e. The van der Waals surface area contributed by atoms with Gasteiger partial charge in [-0.05, 0) is 36.5 Å². The number of thiophene rings is 1. The van der Waals surface area contributed by atoms with Gasteiger partial charge in [0.25, 0.3) is 0 Å². The normalized spacial score (nSPS) is 12.6. The molecule has 0 radical (unpaired) electrons. The monoisotopic (exact) mass is 295 g/mol. The Balaban J connectivity index is 2.04. The van der Waals surface area contributed by atoms with E-state index in [1.807, 2.05) is 24.4 Å². The molecule has 2 aromatic heterocycles. The van der Waals surface area contributed by atoms with Crippen LogP contribution in [0.2, 0.25) is 0 Å². The van der Waals surface area contributed by atoms with Crippen LogP contribution < -0.4 is 5.32 Å². The molecule has 2 aromatic rings. The number of carbonyl (C=O) groups is 1. The highest BCUT2D eigenvalue weighted by Gasteiger charge is 2.18. The Morgan fingerprint density at radius 3 is 2.89 bits per heavy atom. The summed E-state index contributed by atoms with van der Waals surface area (Å²) in [6.07, 6.45) is 2.56. The fourth-order valence-corrected chi connectivity index (χ4v) is 3.15. The van der Waals surface area contributed by atoms with Crippen LogP contribution in [0.1, 0.15) is 16.6 Å². The van der Waals surface area contributed by atoms with Gasteiger partial charge in [-0.3, -0.25) is 4.79 Å². The number of thiazole rings is 1. The van der Waals surface area contributed by atoms with Gasteiger partial charge in [-0.1, -0.05) is 0 Å². The van der Waals surface area contributed by atoms with Gasteiger partial charge in [0.05, 0.1) is 12.6 Å². The molecule has 0 fully saturated rings. The number of carbonyl (C=O) groups excluding carboxylic acids is 1. The van der Waals surface area contributed by atoms with Gasteiger partial charge in [0.15, 0.2) is 0 Å². The zero-order valence-corrected chi connectivity index (χ0v) is 12.6. The molecule has 1 N–H and O–H groups in total. The van der Waals surface area contributed by atoms with Crippen LogP contribution in [0.4, 0.5) is 0 Å². The third-order valence-corrected chi connectivity index (χ3v) is 4.19. The van der Waals surface area contributed by atoms with E-state index in [-0.39, 0.29) is 11.9 Å². The highest BCUT2D eigenvalue weighted by atomic mass is 32.1. The third-order valence-electron chi connectivity index (χ3n) is 2.56. The Morgan fingerprint density at radius 1 is 1.47 bits per heavy atom. The number of hydrogen-bond acceptors (Lipinski definition) is 5. The van der Waals surface area contributed by atoms with Crippen LogP contribution in [0.15, 0.2) is 28.4 Å². The van der Waals surface area contributed by atoms with E-state index < -0.39 is 0 Å². The standard InChI is InChI=1S/C13H17N3OS2/c1-16(2)8-12(17)15-11(13-14-4-6-19-13)7-10-3-5-18-9-10/h3-6,9,11H,7-8H2,1-2H3,(H,15,17). The molecule has 0 aromatic carbocycles.